The molecule has 0 saturated carbocycles. The molecule has 2 heteroatoms. The van der Waals surface area contributed by atoms with Gasteiger partial charge in [0, 0.05) is 11.5 Å². The molecule has 0 fully saturated rings. The Morgan fingerprint density at radius 2 is 2.15 bits per heavy atom. The second-order valence-electron chi connectivity index (χ2n) is 3.66. The summed E-state index contributed by atoms with van der Waals surface area (Å²) < 4.78 is 0. The van der Waals surface area contributed by atoms with Crippen molar-refractivity contribution in [3.8, 4) is 0 Å². The number of unbranched alkanes of at least 4 members (excludes halogenated alkanes) is 3. The summed E-state index contributed by atoms with van der Waals surface area (Å²) in [5.74, 6) is 1.19. The number of thioether (sulfide) groups is 1. The minimum Gasteiger partial charge on any atom is -0.279 e. The lowest BCUT2D eigenvalue weighted by Gasteiger charge is -2.04. The summed E-state index contributed by atoms with van der Waals surface area (Å²) in [6.07, 6.45) is 7.94. The molecule has 76 valence electrons. The molecule has 1 nitrogen and oxygen atoms in total. The van der Waals surface area contributed by atoms with Crippen LogP contribution in [0.25, 0.3) is 0 Å². The molecule has 1 aliphatic rings. The SMILES string of the molecule is CCCCCCC1N=C(CC)CS1. The van der Waals surface area contributed by atoms with Crippen molar-refractivity contribution in [3.63, 3.8) is 0 Å². The molecule has 13 heavy (non-hydrogen) atoms. The molecule has 1 aliphatic heterocycles. The minimum absolute atomic E-state index is 0.604. The summed E-state index contributed by atoms with van der Waals surface area (Å²) in [6, 6.07) is 0. The first-order valence-electron chi connectivity index (χ1n) is 5.54. The number of rotatable bonds is 6. The van der Waals surface area contributed by atoms with Crippen LogP contribution in [0.3, 0.4) is 0 Å². The van der Waals surface area contributed by atoms with Crippen molar-refractivity contribution >= 4 is 17.5 Å². The van der Waals surface area contributed by atoms with Crippen LogP contribution in [0, 0.1) is 0 Å². The molecule has 0 spiro atoms. The van der Waals surface area contributed by atoms with E-state index in [-0.39, 0.29) is 0 Å². The van der Waals surface area contributed by atoms with Gasteiger partial charge in [-0.15, -0.1) is 11.8 Å². The Kier molecular flexibility index (Phi) is 5.52. The Bertz CT molecular complexity index is 165. The van der Waals surface area contributed by atoms with Crippen LogP contribution in [0.2, 0.25) is 0 Å². The van der Waals surface area contributed by atoms with Gasteiger partial charge in [0.05, 0.1) is 5.37 Å². The Morgan fingerprint density at radius 1 is 1.31 bits per heavy atom. The van der Waals surface area contributed by atoms with Gasteiger partial charge in [-0.05, 0) is 12.8 Å². The topological polar surface area (TPSA) is 12.4 Å². The average molecular weight is 199 g/mol. The maximum atomic E-state index is 4.68. The first-order chi connectivity index (χ1) is 6.36. The molecule has 0 aromatic carbocycles. The van der Waals surface area contributed by atoms with Gasteiger partial charge in [-0.1, -0.05) is 39.5 Å². The van der Waals surface area contributed by atoms with Gasteiger partial charge in [0.2, 0.25) is 0 Å². The molecule has 1 unspecified atom stereocenters. The van der Waals surface area contributed by atoms with Crippen LogP contribution < -0.4 is 0 Å². The van der Waals surface area contributed by atoms with E-state index in [9.17, 15) is 0 Å². The third-order valence-corrected chi connectivity index (χ3v) is 3.71. The lowest BCUT2D eigenvalue weighted by molar-refractivity contribution is 0.626. The van der Waals surface area contributed by atoms with Gasteiger partial charge in [0.15, 0.2) is 0 Å². The van der Waals surface area contributed by atoms with Gasteiger partial charge in [-0.25, -0.2) is 0 Å². The van der Waals surface area contributed by atoms with Crippen LogP contribution in [-0.2, 0) is 0 Å². The van der Waals surface area contributed by atoms with E-state index in [0.29, 0.717) is 5.37 Å². The van der Waals surface area contributed by atoms with Crippen LogP contribution in [0.5, 0.6) is 0 Å². The number of hydrogen-bond acceptors (Lipinski definition) is 2. The number of aliphatic imine (C=N–C) groups is 1. The van der Waals surface area contributed by atoms with E-state index in [2.05, 4.69) is 18.8 Å². The zero-order valence-corrected chi connectivity index (χ0v) is 9.70. The van der Waals surface area contributed by atoms with Gasteiger partial charge in [0.1, 0.15) is 0 Å². The van der Waals surface area contributed by atoms with Crippen molar-refractivity contribution in [2.45, 2.75) is 57.7 Å². The third-order valence-electron chi connectivity index (χ3n) is 2.48. The summed E-state index contributed by atoms with van der Waals surface area (Å²) >= 11 is 2.03. The van der Waals surface area contributed by atoms with Crippen molar-refractivity contribution in [2.24, 2.45) is 4.99 Å². The van der Waals surface area contributed by atoms with E-state index in [1.165, 1.54) is 43.6 Å². The van der Waals surface area contributed by atoms with E-state index in [1.54, 1.807) is 0 Å². The number of nitrogens with zero attached hydrogens (tertiary/aromatic N) is 1. The fraction of sp³-hybridized carbons (Fsp3) is 0.909. The molecule has 1 rings (SSSR count). The number of hydrogen-bond donors (Lipinski definition) is 0. The lowest BCUT2D eigenvalue weighted by atomic mass is 10.1. The summed E-state index contributed by atoms with van der Waals surface area (Å²) in [4.78, 5) is 4.68. The van der Waals surface area contributed by atoms with Crippen molar-refractivity contribution in [2.75, 3.05) is 5.75 Å². The van der Waals surface area contributed by atoms with E-state index >= 15 is 0 Å². The van der Waals surface area contributed by atoms with Gasteiger partial charge < -0.3 is 0 Å². The predicted molar refractivity (Wildman–Crippen MR) is 62.7 cm³/mol. The molecule has 0 radical (unpaired) electrons. The van der Waals surface area contributed by atoms with Crippen molar-refractivity contribution in [1.82, 2.24) is 0 Å². The van der Waals surface area contributed by atoms with E-state index in [1.807, 2.05) is 11.8 Å². The summed E-state index contributed by atoms with van der Waals surface area (Å²) in [7, 11) is 0. The monoisotopic (exact) mass is 199 g/mol. The zero-order chi connectivity index (χ0) is 9.52. The summed E-state index contributed by atoms with van der Waals surface area (Å²) in [5, 5.41) is 0.604. The molecule has 0 aromatic heterocycles. The average Bonchev–Trinajstić information content (AvgIpc) is 2.60. The van der Waals surface area contributed by atoms with Crippen LogP contribution in [0.15, 0.2) is 4.99 Å². The van der Waals surface area contributed by atoms with Gasteiger partial charge in [-0.2, -0.15) is 0 Å². The Balaban J connectivity index is 2.06. The van der Waals surface area contributed by atoms with E-state index in [0.717, 1.165) is 6.42 Å². The van der Waals surface area contributed by atoms with Crippen LogP contribution in [0.4, 0.5) is 0 Å². The molecular formula is C11H21NS. The Morgan fingerprint density at radius 3 is 2.77 bits per heavy atom. The maximum Gasteiger partial charge on any atom is 0.0954 e. The molecular weight excluding hydrogens is 178 g/mol. The summed E-state index contributed by atoms with van der Waals surface area (Å²) in [5.41, 5.74) is 1.42. The molecule has 1 heterocycles. The van der Waals surface area contributed by atoms with E-state index in [4.69, 9.17) is 0 Å². The van der Waals surface area contributed by atoms with E-state index < -0.39 is 0 Å². The van der Waals surface area contributed by atoms with Crippen molar-refractivity contribution in [3.05, 3.63) is 0 Å². The molecule has 1 atom stereocenters. The first-order valence-corrected chi connectivity index (χ1v) is 6.58. The quantitative estimate of drug-likeness (QED) is 0.591. The Hall–Kier alpha value is 0.0200. The molecule has 0 aliphatic carbocycles. The van der Waals surface area contributed by atoms with Crippen LogP contribution in [0.1, 0.15) is 52.4 Å². The van der Waals surface area contributed by atoms with Crippen LogP contribution in [-0.4, -0.2) is 16.8 Å². The zero-order valence-electron chi connectivity index (χ0n) is 8.88. The van der Waals surface area contributed by atoms with Crippen LogP contribution >= 0.6 is 11.8 Å². The highest BCUT2D eigenvalue weighted by atomic mass is 32.2. The second kappa shape index (κ2) is 6.47. The normalized spacial score (nSPS) is 22.0. The molecule has 0 aromatic rings. The standard InChI is InChI=1S/C11H21NS/c1-3-5-6-7-8-11-12-10(4-2)9-13-11/h11H,3-9H2,1-2H3. The Labute approximate surface area is 86.4 Å². The highest BCUT2D eigenvalue weighted by molar-refractivity contribution is 8.00. The highest BCUT2D eigenvalue weighted by Gasteiger charge is 2.15. The third kappa shape index (κ3) is 4.17. The highest BCUT2D eigenvalue weighted by Crippen LogP contribution is 2.26. The smallest absolute Gasteiger partial charge is 0.0954 e. The minimum atomic E-state index is 0.604. The fourth-order valence-corrected chi connectivity index (χ4v) is 2.78. The fourth-order valence-electron chi connectivity index (χ4n) is 1.56. The van der Waals surface area contributed by atoms with Gasteiger partial charge >= 0.3 is 0 Å². The first kappa shape index (κ1) is 11.1. The molecule has 0 amide bonds. The predicted octanol–water partition coefficient (Wildman–Crippen LogP) is 3.88. The lowest BCUT2D eigenvalue weighted by Crippen LogP contribution is -1.94. The van der Waals surface area contributed by atoms with Gasteiger partial charge in [0.25, 0.3) is 0 Å². The molecule has 0 N–H and O–H groups in total. The molecule has 0 bridgehead atoms. The van der Waals surface area contributed by atoms with Crippen molar-refractivity contribution < 1.29 is 0 Å². The van der Waals surface area contributed by atoms with Crippen molar-refractivity contribution in [1.29, 1.82) is 0 Å². The van der Waals surface area contributed by atoms with Gasteiger partial charge in [-0.3, -0.25) is 4.99 Å². The maximum absolute atomic E-state index is 4.68. The summed E-state index contributed by atoms with van der Waals surface area (Å²) in [6.45, 7) is 4.47. The largest absolute Gasteiger partial charge is 0.279 e. The molecule has 0 saturated heterocycles. The second-order valence-corrected chi connectivity index (χ2v) is 4.83.